The second kappa shape index (κ2) is 8.58. The van der Waals surface area contributed by atoms with E-state index in [0.29, 0.717) is 18.7 Å². The fraction of sp³-hybridized carbons (Fsp3) is 0.450. The maximum Gasteiger partial charge on any atom is 0.416 e. The molecular weight excluding hydrogens is 371 g/mol. The van der Waals surface area contributed by atoms with E-state index in [-0.39, 0.29) is 24.4 Å². The van der Waals surface area contributed by atoms with Crippen LogP contribution in [-0.4, -0.2) is 40.0 Å². The van der Waals surface area contributed by atoms with Gasteiger partial charge in [-0.2, -0.15) is 13.2 Å². The van der Waals surface area contributed by atoms with Gasteiger partial charge >= 0.3 is 12.2 Å². The lowest BCUT2D eigenvalue weighted by molar-refractivity contribution is -0.138. The molecule has 1 aromatic heterocycles. The van der Waals surface area contributed by atoms with Crippen molar-refractivity contribution in [3.8, 4) is 6.01 Å². The molecule has 1 atom stereocenters. The highest BCUT2D eigenvalue weighted by atomic mass is 19.4. The first-order valence-corrected chi connectivity index (χ1v) is 9.26. The van der Waals surface area contributed by atoms with Gasteiger partial charge in [0.05, 0.1) is 18.5 Å². The Morgan fingerprint density at radius 2 is 2.00 bits per heavy atom. The summed E-state index contributed by atoms with van der Waals surface area (Å²) in [5, 5.41) is 0. The van der Waals surface area contributed by atoms with Crippen molar-refractivity contribution in [3.63, 3.8) is 0 Å². The van der Waals surface area contributed by atoms with Gasteiger partial charge in [0.25, 0.3) is 0 Å². The number of hydrogen-bond donors (Lipinski definition) is 0. The van der Waals surface area contributed by atoms with Gasteiger partial charge in [-0.1, -0.05) is 25.1 Å². The SMILES string of the molecule is CCc1cnc(OC2CCCN(C(=O)Cc3cccc(C(F)(F)F)c3)C2)nc1. The lowest BCUT2D eigenvalue weighted by Crippen LogP contribution is -2.45. The average molecular weight is 393 g/mol. The largest absolute Gasteiger partial charge is 0.458 e. The molecule has 0 saturated carbocycles. The van der Waals surface area contributed by atoms with Crippen molar-refractivity contribution in [1.82, 2.24) is 14.9 Å². The number of likely N-dealkylation sites (tertiary alicyclic amines) is 1. The number of amides is 1. The highest BCUT2D eigenvalue weighted by molar-refractivity contribution is 5.79. The predicted octanol–water partition coefficient (Wildman–Crippen LogP) is 3.67. The molecule has 1 saturated heterocycles. The normalized spacial score (nSPS) is 17.4. The van der Waals surface area contributed by atoms with Crippen LogP contribution in [0.25, 0.3) is 0 Å². The average Bonchev–Trinajstić information content (AvgIpc) is 2.68. The lowest BCUT2D eigenvalue weighted by Gasteiger charge is -2.32. The quantitative estimate of drug-likeness (QED) is 0.778. The number of carbonyl (C=O) groups is 1. The highest BCUT2D eigenvalue weighted by Gasteiger charge is 2.31. The van der Waals surface area contributed by atoms with E-state index in [0.717, 1.165) is 37.0 Å². The summed E-state index contributed by atoms with van der Waals surface area (Å²) in [5.41, 5.74) is 0.612. The van der Waals surface area contributed by atoms with Crippen LogP contribution in [0.3, 0.4) is 0 Å². The Hall–Kier alpha value is -2.64. The summed E-state index contributed by atoms with van der Waals surface area (Å²) in [7, 11) is 0. The van der Waals surface area contributed by atoms with Crippen LogP contribution in [0, 0.1) is 0 Å². The Morgan fingerprint density at radius 1 is 1.25 bits per heavy atom. The lowest BCUT2D eigenvalue weighted by atomic mass is 10.0. The van der Waals surface area contributed by atoms with Gasteiger partial charge < -0.3 is 9.64 Å². The summed E-state index contributed by atoms with van der Waals surface area (Å²) in [6, 6.07) is 5.16. The van der Waals surface area contributed by atoms with Crippen LogP contribution in [-0.2, 0) is 23.8 Å². The van der Waals surface area contributed by atoms with Gasteiger partial charge in [-0.3, -0.25) is 4.79 Å². The first-order chi connectivity index (χ1) is 13.3. The number of hydrogen-bond acceptors (Lipinski definition) is 4. The molecule has 1 amide bonds. The molecule has 1 unspecified atom stereocenters. The van der Waals surface area contributed by atoms with Crippen molar-refractivity contribution in [3.05, 3.63) is 53.3 Å². The maximum absolute atomic E-state index is 12.8. The highest BCUT2D eigenvalue weighted by Crippen LogP contribution is 2.29. The minimum atomic E-state index is -4.42. The number of aromatic nitrogens is 2. The molecule has 0 radical (unpaired) electrons. The van der Waals surface area contributed by atoms with Crippen molar-refractivity contribution >= 4 is 5.91 Å². The van der Waals surface area contributed by atoms with Crippen LogP contribution in [0.1, 0.15) is 36.5 Å². The Balaban J connectivity index is 1.59. The second-order valence-corrected chi connectivity index (χ2v) is 6.82. The van der Waals surface area contributed by atoms with E-state index in [1.54, 1.807) is 17.3 Å². The van der Waals surface area contributed by atoms with Gasteiger partial charge in [0.15, 0.2) is 0 Å². The summed E-state index contributed by atoms with van der Waals surface area (Å²) in [5.74, 6) is -0.213. The number of alkyl halides is 3. The molecule has 28 heavy (non-hydrogen) atoms. The molecule has 8 heteroatoms. The van der Waals surface area contributed by atoms with Crippen molar-refractivity contribution in [1.29, 1.82) is 0 Å². The van der Waals surface area contributed by atoms with E-state index in [9.17, 15) is 18.0 Å². The van der Waals surface area contributed by atoms with Gasteiger partial charge in [-0.15, -0.1) is 0 Å². The third-order valence-corrected chi connectivity index (χ3v) is 4.70. The summed E-state index contributed by atoms with van der Waals surface area (Å²) >= 11 is 0. The molecule has 0 bridgehead atoms. The topological polar surface area (TPSA) is 55.3 Å². The minimum Gasteiger partial charge on any atom is -0.458 e. The van der Waals surface area contributed by atoms with Gasteiger partial charge in [0.1, 0.15) is 6.10 Å². The molecular formula is C20H22F3N3O2. The summed E-state index contributed by atoms with van der Waals surface area (Å²) in [6.07, 6.45) is 1.06. The van der Waals surface area contributed by atoms with Crippen molar-refractivity contribution in [2.45, 2.75) is 44.9 Å². The van der Waals surface area contributed by atoms with Crippen LogP contribution in [0.4, 0.5) is 13.2 Å². The molecule has 1 aliphatic heterocycles. The van der Waals surface area contributed by atoms with Crippen molar-refractivity contribution < 1.29 is 22.7 Å². The fourth-order valence-electron chi connectivity index (χ4n) is 3.14. The second-order valence-electron chi connectivity index (χ2n) is 6.82. The van der Waals surface area contributed by atoms with Crippen LogP contribution >= 0.6 is 0 Å². The number of rotatable bonds is 5. The van der Waals surface area contributed by atoms with E-state index in [4.69, 9.17) is 4.74 Å². The molecule has 1 aliphatic rings. The zero-order chi connectivity index (χ0) is 20.1. The Bertz CT molecular complexity index is 809. The van der Waals surface area contributed by atoms with Gasteiger partial charge in [0, 0.05) is 18.9 Å². The van der Waals surface area contributed by atoms with Crippen LogP contribution < -0.4 is 4.74 Å². The maximum atomic E-state index is 12.8. The molecule has 2 aromatic rings. The van der Waals surface area contributed by atoms with E-state index >= 15 is 0 Å². The third-order valence-electron chi connectivity index (χ3n) is 4.70. The van der Waals surface area contributed by atoms with E-state index in [2.05, 4.69) is 9.97 Å². The van der Waals surface area contributed by atoms with Crippen LogP contribution in [0.5, 0.6) is 6.01 Å². The van der Waals surface area contributed by atoms with Gasteiger partial charge in [-0.25, -0.2) is 9.97 Å². The number of aryl methyl sites for hydroxylation is 1. The molecule has 0 N–H and O–H groups in total. The molecule has 150 valence electrons. The molecule has 1 fully saturated rings. The van der Waals surface area contributed by atoms with Gasteiger partial charge in [0.2, 0.25) is 5.91 Å². The molecule has 0 aliphatic carbocycles. The van der Waals surface area contributed by atoms with Crippen LogP contribution in [0.2, 0.25) is 0 Å². The smallest absolute Gasteiger partial charge is 0.416 e. The zero-order valence-electron chi connectivity index (χ0n) is 15.6. The van der Waals surface area contributed by atoms with E-state index in [1.807, 2.05) is 6.92 Å². The number of ether oxygens (including phenoxy) is 1. The summed E-state index contributed by atoms with van der Waals surface area (Å²) in [6.45, 7) is 2.94. The fourth-order valence-corrected chi connectivity index (χ4v) is 3.14. The molecule has 2 heterocycles. The first kappa shape index (κ1) is 20.1. The number of piperidine rings is 1. The molecule has 3 rings (SSSR count). The minimum absolute atomic E-state index is 0.0711. The van der Waals surface area contributed by atoms with E-state index < -0.39 is 11.7 Å². The standard InChI is InChI=1S/C20H22F3N3O2/c1-2-14-11-24-19(25-12-14)28-17-7-4-8-26(13-17)18(27)10-15-5-3-6-16(9-15)20(21,22)23/h3,5-6,9,11-12,17H,2,4,7-8,10,13H2,1H3. The van der Waals surface area contributed by atoms with Crippen molar-refractivity contribution in [2.24, 2.45) is 0 Å². The molecule has 5 nitrogen and oxygen atoms in total. The number of benzene rings is 1. The Morgan fingerprint density at radius 3 is 2.68 bits per heavy atom. The summed E-state index contributed by atoms with van der Waals surface area (Å²) in [4.78, 5) is 22.5. The first-order valence-electron chi connectivity index (χ1n) is 9.26. The Labute approximate surface area is 161 Å². The predicted molar refractivity (Wildman–Crippen MR) is 96.8 cm³/mol. The molecule has 0 spiro atoms. The number of carbonyl (C=O) groups excluding carboxylic acids is 1. The van der Waals surface area contributed by atoms with Crippen molar-refractivity contribution in [2.75, 3.05) is 13.1 Å². The molecule has 1 aromatic carbocycles. The third kappa shape index (κ3) is 5.21. The number of nitrogens with zero attached hydrogens (tertiary/aromatic N) is 3. The van der Waals surface area contributed by atoms with E-state index in [1.165, 1.54) is 12.1 Å². The summed E-state index contributed by atoms with van der Waals surface area (Å²) < 4.78 is 44.3. The zero-order valence-corrected chi connectivity index (χ0v) is 15.6. The number of halogens is 3. The Kier molecular flexibility index (Phi) is 6.16. The van der Waals surface area contributed by atoms with Gasteiger partial charge in [-0.05, 0) is 36.5 Å². The van der Waals surface area contributed by atoms with Crippen LogP contribution in [0.15, 0.2) is 36.7 Å². The monoisotopic (exact) mass is 393 g/mol.